The number of halogens is 3. The molecule has 144 valence electrons. The van der Waals surface area contributed by atoms with E-state index in [9.17, 15) is 14.0 Å². The molecule has 0 bridgehead atoms. The molecule has 4 rings (SSSR count). The van der Waals surface area contributed by atoms with Crippen molar-refractivity contribution < 1.29 is 23.5 Å². The second kappa shape index (κ2) is 7.70. The number of carbonyl (C=O) groups excluding carboxylic acids is 2. The van der Waals surface area contributed by atoms with Gasteiger partial charge in [0.15, 0.2) is 5.76 Å². The van der Waals surface area contributed by atoms with Gasteiger partial charge in [-0.05, 0) is 42.0 Å². The summed E-state index contributed by atoms with van der Waals surface area (Å²) in [7, 11) is 0. The number of benzene rings is 3. The Bertz CT molecular complexity index is 1190. The molecule has 0 aromatic heterocycles. The molecule has 3 aromatic carbocycles. The van der Waals surface area contributed by atoms with E-state index in [2.05, 4.69) is 0 Å². The summed E-state index contributed by atoms with van der Waals surface area (Å²) >= 11 is 12.1. The lowest BCUT2D eigenvalue weighted by Gasteiger charge is -2.06. The van der Waals surface area contributed by atoms with Gasteiger partial charge in [0.25, 0.3) is 0 Å². The summed E-state index contributed by atoms with van der Waals surface area (Å²) in [4.78, 5) is 24.7. The number of ether oxygens (including phenoxy) is 2. The number of ketones is 1. The number of esters is 1. The molecule has 0 saturated heterocycles. The highest BCUT2D eigenvalue weighted by Gasteiger charge is 2.28. The van der Waals surface area contributed by atoms with E-state index in [0.717, 1.165) is 0 Å². The van der Waals surface area contributed by atoms with Gasteiger partial charge < -0.3 is 9.47 Å². The normalized spacial score (nSPS) is 13.9. The van der Waals surface area contributed by atoms with E-state index in [-0.39, 0.29) is 28.6 Å². The zero-order valence-corrected chi connectivity index (χ0v) is 16.1. The Balaban J connectivity index is 1.59. The maximum absolute atomic E-state index is 13.7. The third-order valence-corrected chi connectivity index (χ3v) is 5.05. The minimum absolute atomic E-state index is 0.0572. The maximum Gasteiger partial charge on any atom is 0.346 e. The first-order valence-electron chi connectivity index (χ1n) is 8.43. The van der Waals surface area contributed by atoms with E-state index in [1.165, 1.54) is 48.5 Å². The van der Waals surface area contributed by atoms with Gasteiger partial charge in [0.2, 0.25) is 5.78 Å². The quantitative estimate of drug-likeness (QED) is 0.293. The molecule has 0 spiro atoms. The predicted octanol–water partition coefficient (Wildman–Crippen LogP) is 5.97. The van der Waals surface area contributed by atoms with E-state index in [0.29, 0.717) is 21.2 Å². The van der Waals surface area contributed by atoms with Gasteiger partial charge >= 0.3 is 5.97 Å². The van der Waals surface area contributed by atoms with Crippen LogP contribution < -0.4 is 9.47 Å². The second-order valence-electron chi connectivity index (χ2n) is 6.11. The van der Waals surface area contributed by atoms with Crippen molar-refractivity contribution in [3.8, 4) is 11.5 Å². The molecule has 7 heteroatoms. The summed E-state index contributed by atoms with van der Waals surface area (Å²) in [6.45, 7) is 0. The molecule has 0 unspecified atom stereocenters. The zero-order valence-electron chi connectivity index (χ0n) is 14.6. The number of Topliss-reactive ketones (excluding diaryl/α,β-unsaturated/α-hetero) is 1. The molecule has 0 amide bonds. The lowest BCUT2D eigenvalue weighted by molar-refractivity contribution is 0.0729. The minimum atomic E-state index is -0.853. The summed E-state index contributed by atoms with van der Waals surface area (Å²) in [6, 6.07) is 14.8. The van der Waals surface area contributed by atoms with Crippen molar-refractivity contribution in [1.29, 1.82) is 0 Å². The van der Waals surface area contributed by atoms with Crippen molar-refractivity contribution in [2.24, 2.45) is 0 Å². The van der Waals surface area contributed by atoms with Gasteiger partial charge in [-0.15, -0.1) is 0 Å². The van der Waals surface area contributed by atoms with Gasteiger partial charge in [-0.3, -0.25) is 4.79 Å². The number of hydrogen-bond acceptors (Lipinski definition) is 4. The Labute approximate surface area is 175 Å². The highest BCUT2D eigenvalue weighted by Crippen LogP contribution is 2.36. The van der Waals surface area contributed by atoms with Crippen molar-refractivity contribution in [2.45, 2.75) is 0 Å². The van der Waals surface area contributed by atoms with Gasteiger partial charge in [0.05, 0.1) is 21.2 Å². The molecule has 1 heterocycles. The smallest absolute Gasteiger partial charge is 0.346 e. The van der Waals surface area contributed by atoms with Crippen LogP contribution in [0.1, 0.15) is 26.3 Å². The van der Waals surface area contributed by atoms with Crippen molar-refractivity contribution in [1.82, 2.24) is 0 Å². The first kappa shape index (κ1) is 19.2. The second-order valence-corrected chi connectivity index (χ2v) is 6.90. The minimum Gasteiger partial charge on any atom is -0.452 e. The molecule has 0 radical (unpaired) electrons. The lowest BCUT2D eigenvalue weighted by Crippen LogP contribution is -2.10. The highest BCUT2D eigenvalue weighted by molar-refractivity contribution is 6.43. The van der Waals surface area contributed by atoms with Crippen LogP contribution in [0.5, 0.6) is 11.5 Å². The first-order valence-corrected chi connectivity index (χ1v) is 9.18. The third-order valence-electron chi connectivity index (χ3n) is 4.21. The molecule has 0 aliphatic carbocycles. The highest BCUT2D eigenvalue weighted by atomic mass is 35.5. The molecule has 0 saturated carbocycles. The van der Waals surface area contributed by atoms with Crippen LogP contribution >= 0.6 is 23.2 Å². The maximum atomic E-state index is 13.7. The van der Waals surface area contributed by atoms with Crippen molar-refractivity contribution >= 4 is 41.0 Å². The van der Waals surface area contributed by atoms with Crippen LogP contribution in [0.25, 0.3) is 6.08 Å². The Morgan fingerprint density at radius 2 is 1.83 bits per heavy atom. The van der Waals surface area contributed by atoms with Crippen LogP contribution in [0.3, 0.4) is 0 Å². The monoisotopic (exact) mass is 428 g/mol. The first-order chi connectivity index (χ1) is 13.9. The number of hydrogen-bond donors (Lipinski definition) is 0. The van der Waals surface area contributed by atoms with E-state index >= 15 is 0 Å². The Hall–Kier alpha value is -3.15. The predicted molar refractivity (Wildman–Crippen MR) is 107 cm³/mol. The fraction of sp³-hybridized carbons (Fsp3) is 0. The van der Waals surface area contributed by atoms with Crippen molar-refractivity contribution in [3.05, 3.63) is 99.0 Å². The molecule has 4 nitrogen and oxygen atoms in total. The fourth-order valence-corrected chi connectivity index (χ4v) is 3.16. The lowest BCUT2D eigenvalue weighted by atomic mass is 10.1. The van der Waals surface area contributed by atoms with Gasteiger partial charge in [0.1, 0.15) is 17.3 Å². The summed E-state index contributed by atoms with van der Waals surface area (Å²) < 4.78 is 24.6. The standard InChI is InChI=1S/C22H11Cl2FO4/c23-16-6-3-4-12(20(16)24)10-19-21(26)15-9-8-13(11-18(15)29-19)28-22(27)14-5-1-2-7-17(14)25/h1-11H/b19-10-. The zero-order chi connectivity index (χ0) is 20.5. The third kappa shape index (κ3) is 3.75. The average molecular weight is 429 g/mol. The molecular weight excluding hydrogens is 418 g/mol. The Morgan fingerprint density at radius 3 is 2.62 bits per heavy atom. The van der Waals surface area contributed by atoms with Crippen LogP contribution in [-0.2, 0) is 0 Å². The van der Waals surface area contributed by atoms with Gasteiger partial charge in [-0.1, -0.05) is 47.5 Å². The molecule has 29 heavy (non-hydrogen) atoms. The molecule has 0 atom stereocenters. The molecule has 1 aliphatic heterocycles. The van der Waals surface area contributed by atoms with E-state index in [1.54, 1.807) is 18.2 Å². The Kier molecular flexibility index (Phi) is 5.09. The number of allylic oxidation sites excluding steroid dienone is 1. The van der Waals surface area contributed by atoms with Crippen LogP contribution in [0, 0.1) is 5.82 Å². The number of rotatable bonds is 3. The average Bonchev–Trinajstić information content (AvgIpc) is 3.00. The van der Waals surface area contributed by atoms with Gasteiger partial charge in [-0.2, -0.15) is 0 Å². The van der Waals surface area contributed by atoms with Crippen LogP contribution in [-0.4, -0.2) is 11.8 Å². The summed E-state index contributed by atoms with van der Waals surface area (Å²) in [6.07, 6.45) is 1.49. The van der Waals surface area contributed by atoms with Crippen LogP contribution in [0.15, 0.2) is 66.4 Å². The topological polar surface area (TPSA) is 52.6 Å². The van der Waals surface area contributed by atoms with E-state index < -0.39 is 11.8 Å². The summed E-state index contributed by atoms with van der Waals surface area (Å²) in [5.74, 6) is -1.49. The van der Waals surface area contributed by atoms with Gasteiger partial charge in [-0.25, -0.2) is 9.18 Å². The molecule has 3 aromatic rings. The van der Waals surface area contributed by atoms with Crippen LogP contribution in [0.2, 0.25) is 10.0 Å². The number of fused-ring (bicyclic) bond motifs is 1. The van der Waals surface area contributed by atoms with Crippen LogP contribution in [0.4, 0.5) is 4.39 Å². The van der Waals surface area contributed by atoms with Crippen molar-refractivity contribution in [2.75, 3.05) is 0 Å². The van der Waals surface area contributed by atoms with Gasteiger partial charge in [0, 0.05) is 6.07 Å². The molecular formula is C22H11Cl2FO4. The van der Waals surface area contributed by atoms with E-state index in [1.807, 2.05) is 0 Å². The largest absolute Gasteiger partial charge is 0.452 e. The fourth-order valence-electron chi connectivity index (χ4n) is 2.79. The summed E-state index contributed by atoms with van der Waals surface area (Å²) in [5.41, 5.74) is 0.641. The van der Waals surface area contributed by atoms with Crippen molar-refractivity contribution in [3.63, 3.8) is 0 Å². The SMILES string of the molecule is O=C(Oc1ccc2c(c1)O/C(=C\c1cccc(Cl)c1Cl)C2=O)c1ccccc1F. The number of carbonyl (C=O) groups is 2. The molecule has 0 fully saturated rings. The molecule has 0 N–H and O–H groups in total. The van der Waals surface area contributed by atoms with E-state index in [4.69, 9.17) is 32.7 Å². The molecule has 1 aliphatic rings. The summed E-state index contributed by atoms with van der Waals surface area (Å²) in [5, 5.41) is 0.653. The Morgan fingerprint density at radius 1 is 1.03 bits per heavy atom.